The average Bonchev–Trinajstić information content (AvgIpc) is 2.63. The summed E-state index contributed by atoms with van der Waals surface area (Å²) in [5.74, 6) is -1.80. The number of methoxy groups -OCH3 is 1. The number of esters is 1. The molecule has 0 spiro atoms. The summed E-state index contributed by atoms with van der Waals surface area (Å²) in [4.78, 5) is 10.8. The van der Waals surface area contributed by atoms with E-state index in [2.05, 4.69) is 15.5 Å². The molecule has 2 atom stereocenters. The SMILES string of the molecule is COC(=O)CS(=O)(=O)NC1CCCC1C#N. The highest BCUT2D eigenvalue weighted by molar-refractivity contribution is 7.90. The number of carbonyl (C=O) groups is 1. The molecule has 2 unspecified atom stereocenters. The molecule has 1 N–H and O–H groups in total. The zero-order chi connectivity index (χ0) is 12.2. The summed E-state index contributed by atoms with van der Waals surface area (Å²) >= 11 is 0. The van der Waals surface area contributed by atoms with Gasteiger partial charge in [-0.3, -0.25) is 4.79 Å². The molecule has 0 aromatic carbocycles. The van der Waals surface area contributed by atoms with Gasteiger partial charge >= 0.3 is 5.97 Å². The van der Waals surface area contributed by atoms with Crippen LogP contribution in [0.25, 0.3) is 0 Å². The Balaban J connectivity index is 2.59. The van der Waals surface area contributed by atoms with E-state index in [0.29, 0.717) is 12.8 Å². The van der Waals surface area contributed by atoms with Crippen molar-refractivity contribution in [1.82, 2.24) is 4.72 Å². The number of sulfonamides is 1. The lowest BCUT2D eigenvalue weighted by molar-refractivity contribution is -0.137. The highest BCUT2D eigenvalue weighted by Gasteiger charge is 2.31. The van der Waals surface area contributed by atoms with Crippen LogP contribution in [0.2, 0.25) is 0 Å². The second-order valence-corrected chi connectivity index (χ2v) is 5.48. The van der Waals surface area contributed by atoms with E-state index in [4.69, 9.17) is 5.26 Å². The van der Waals surface area contributed by atoms with E-state index in [-0.39, 0.29) is 12.0 Å². The van der Waals surface area contributed by atoms with Crippen molar-refractivity contribution in [2.45, 2.75) is 25.3 Å². The van der Waals surface area contributed by atoms with Gasteiger partial charge in [-0.15, -0.1) is 0 Å². The molecule has 1 saturated carbocycles. The highest BCUT2D eigenvalue weighted by Crippen LogP contribution is 2.25. The molecule has 90 valence electrons. The first-order valence-electron chi connectivity index (χ1n) is 4.95. The Morgan fingerprint density at radius 3 is 2.81 bits per heavy atom. The van der Waals surface area contributed by atoms with E-state index in [1.54, 1.807) is 0 Å². The van der Waals surface area contributed by atoms with Gasteiger partial charge < -0.3 is 4.74 Å². The van der Waals surface area contributed by atoms with Crippen LogP contribution in [0.5, 0.6) is 0 Å². The van der Waals surface area contributed by atoms with Gasteiger partial charge in [0.1, 0.15) is 0 Å². The van der Waals surface area contributed by atoms with E-state index in [1.165, 1.54) is 0 Å². The van der Waals surface area contributed by atoms with Crippen molar-refractivity contribution in [3.8, 4) is 6.07 Å². The second kappa shape index (κ2) is 5.27. The smallest absolute Gasteiger partial charge is 0.322 e. The van der Waals surface area contributed by atoms with Gasteiger partial charge in [0, 0.05) is 6.04 Å². The fourth-order valence-electron chi connectivity index (χ4n) is 1.74. The number of nitrogens with zero attached hydrogens (tertiary/aromatic N) is 1. The summed E-state index contributed by atoms with van der Waals surface area (Å²) < 4.78 is 29.6. The summed E-state index contributed by atoms with van der Waals surface area (Å²) in [6.45, 7) is 0. The third-order valence-electron chi connectivity index (χ3n) is 2.55. The van der Waals surface area contributed by atoms with Crippen molar-refractivity contribution < 1.29 is 17.9 Å². The molecule has 7 heteroatoms. The first-order chi connectivity index (χ1) is 7.48. The maximum atomic E-state index is 11.5. The number of ether oxygens (including phenoxy) is 1. The molecular formula is C9H14N2O4S. The van der Waals surface area contributed by atoms with Crippen LogP contribution in [0.3, 0.4) is 0 Å². The predicted octanol–water partition coefficient (Wildman–Crippen LogP) is -0.229. The Morgan fingerprint density at radius 2 is 2.25 bits per heavy atom. The summed E-state index contributed by atoms with van der Waals surface area (Å²) in [5.41, 5.74) is 0. The van der Waals surface area contributed by atoms with Crippen molar-refractivity contribution in [1.29, 1.82) is 5.26 Å². The van der Waals surface area contributed by atoms with E-state index in [0.717, 1.165) is 13.5 Å². The monoisotopic (exact) mass is 246 g/mol. The topological polar surface area (TPSA) is 96.3 Å². The molecule has 0 radical (unpaired) electrons. The van der Waals surface area contributed by atoms with Crippen molar-refractivity contribution in [2.24, 2.45) is 5.92 Å². The summed E-state index contributed by atoms with van der Waals surface area (Å²) in [7, 11) is -2.56. The van der Waals surface area contributed by atoms with Crippen molar-refractivity contribution in [3.05, 3.63) is 0 Å². The molecule has 16 heavy (non-hydrogen) atoms. The van der Waals surface area contributed by atoms with Crippen LogP contribution in [0.15, 0.2) is 0 Å². The molecule has 1 aliphatic rings. The second-order valence-electron chi connectivity index (χ2n) is 3.73. The fourth-order valence-corrected chi connectivity index (χ4v) is 3.00. The standard InChI is InChI=1S/C9H14N2O4S/c1-15-9(12)6-16(13,14)11-8-4-2-3-7(8)5-10/h7-8,11H,2-4,6H2,1H3. The molecule has 0 aliphatic heterocycles. The van der Waals surface area contributed by atoms with Crippen molar-refractivity contribution in [2.75, 3.05) is 12.9 Å². The number of nitrogens with one attached hydrogen (secondary N) is 1. The van der Waals surface area contributed by atoms with Crippen LogP contribution in [0.4, 0.5) is 0 Å². The van der Waals surface area contributed by atoms with Crippen LogP contribution in [-0.4, -0.2) is 33.3 Å². The molecular weight excluding hydrogens is 232 g/mol. The van der Waals surface area contributed by atoms with Crippen LogP contribution < -0.4 is 4.72 Å². The molecule has 0 saturated heterocycles. The number of nitriles is 1. The van der Waals surface area contributed by atoms with Crippen LogP contribution in [0.1, 0.15) is 19.3 Å². The molecule has 6 nitrogen and oxygen atoms in total. The Kier molecular flexibility index (Phi) is 4.26. The van der Waals surface area contributed by atoms with Gasteiger partial charge in [0.05, 0.1) is 19.1 Å². The summed E-state index contributed by atoms with van der Waals surface area (Å²) in [5, 5.41) is 8.78. The predicted molar refractivity (Wildman–Crippen MR) is 55.7 cm³/mol. The minimum Gasteiger partial charge on any atom is -0.468 e. The fraction of sp³-hybridized carbons (Fsp3) is 0.778. The van der Waals surface area contributed by atoms with Gasteiger partial charge in [-0.05, 0) is 12.8 Å². The van der Waals surface area contributed by atoms with Gasteiger partial charge in [0.25, 0.3) is 0 Å². The lowest BCUT2D eigenvalue weighted by Crippen LogP contribution is -2.40. The van der Waals surface area contributed by atoms with E-state index < -0.39 is 21.7 Å². The van der Waals surface area contributed by atoms with Gasteiger partial charge in [0.2, 0.25) is 10.0 Å². The van der Waals surface area contributed by atoms with E-state index >= 15 is 0 Å². The minimum absolute atomic E-state index is 0.299. The minimum atomic E-state index is -3.70. The van der Waals surface area contributed by atoms with Crippen molar-refractivity contribution in [3.63, 3.8) is 0 Å². The van der Waals surface area contributed by atoms with Crippen LogP contribution in [-0.2, 0) is 19.6 Å². The Labute approximate surface area is 94.6 Å². The molecule has 0 bridgehead atoms. The maximum absolute atomic E-state index is 11.5. The molecule has 1 fully saturated rings. The molecule has 0 amide bonds. The molecule has 0 aromatic heterocycles. The first-order valence-corrected chi connectivity index (χ1v) is 6.60. The van der Waals surface area contributed by atoms with Gasteiger partial charge in [-0.25, -0.2) is 13.1 Å². The number of carbonyl (C=O) groups excluding carboxylic acids is 1. The van der Waals surface area contributed by atoms with Gasteiger partial charge in [0.15, 0.2) is 5.75 Å². The zero-order valence-corrected chi connectivity index (χ0v) is 9.79. The Morgan fingerprint density at radius 1 is 1.56 bits per heavy atom. The number of rotatable bonds is 4. The largest absolute Gasteiger partial charge is 0.468 e. The quantitative estimate of drug-likeness (QED) is 0.691. The normalized spacial score (nSPS) is 25.0. The van der Waals surface area contributed by atoms with E-state index in [9.17, 15) is 13.2 Å². The van der Waals surface area contributed by atoms with Gasteiger partial charge in [-0.2, -0.15) is 5.26 Å². The highest BCUT2D eigenvalue weighted by atomic mass is 32.2. The van der Waals surface area contributed by atoms with Crippen LogP contribution >= 0.6 is 0 Å². The molecule has 1 aliphatic carbocycles. The lowest BCUT2D eigenvalue weighted by Gasteiger charge is -2.14. The zero-order valence-electron chi connectivity index (χ0n) is 8.97. The summed E-state index contributed by atoms with van der Waals surface area (Å²) in [6, 6.07) is 1.69. The Bertz CT molecular complexity index is 398. The third kappa shape index (κ3) is 3.47. The average molecular weight is 246 g/mol. The lowest BCUT2D eigenvalue weighted by atomic mass is 10.1. The molecule has 0 heterocycles. The first kappa shape index (κ1) is 12.9. The van der Waals surface area contributed by atoms with Gasteiger partial charge in [-0.1, -0.05) is 6.42 Å². The van der Waals surface area contributed by atoms with Crippen LogP contribution in [0, 0.1) is 17.2 Å². The number of hydrogen-bond acceptors (Lipinski definition) is 5. The summed E-state index contributed by atoms with van der Waals surface area (Å²) in [6.07, 6.45) is 2.16. The van der Waals surface area contributed by atoms with Crippen molar-refractivity contribution >= 4 is 16.0 Å². The Hall–Kier alpha value is -1.13. The van der Waals surface area contributed by atoms with E-state index in [1.807, 2.05) is 0 Å². The number of hydrogen-bond donors (Lipinski definition) is 1. The maximum Gasteiger partial charge on any atom is 0.322 e. The molecule has 1 rings (SSSR count). The third-order valence-corrected chi connectivity index (χ3v) is 3.83. The molecule has 0 aromatic rings.